The van der Waals surface area contributed by atoms with Gasteiger partial charge in [0.1, 0.15) is 12.0 Å². The molecule has 1 aromatic carbocycles. The summed E-state index contributed by atoms with van der Waals surface area (Å²) >= 11 is 0. The molecule has 0 spiro atoms. The van der Waals surface area contributed by atoms with Gasteiger partial charge < -0.3 is 9.53 Å². The molecule has 0 aliphatic carbocycles. The SMILES string of the molecule is COc1ccc(S(=O)(=O)N(C)C)cc1C(=O)CCC=O. The van der Waals surface area contributed by atoms with Gasteiger partial charge >= 0.3 is 0 Å². The number of carbonyl (C=O) groups is 2. The summed E-state index contributed by atoms with van der Waals surface area (Å²) in [4.78, 5) is 22.3. The van der Waals surface area contributed by atoms with Crippen molar-refractivity contribution in [1.29, 1.82) is 0 Å². The van der Waals surface area contributed by atoms with Crippen LogP contribution in [0, 0.1) is 0 Å². The molecule has 0 atom stereocenters. The number of ether oxygens (including phenoxy) is 1. The van der Waals surface area contributed by atoms with Crippen LogP contribution in [0.25, 0.3) is 0 Å². The quantitative estimate of drug-likeness (QED) is 0.556. The normalized spacial score (nSPS) is 11.4. The van der Waals surface area contributed by atoms with E-state index in [-0.39, 0.29) is 29.1 Å². The van der Waals surface area contributed by atoms with E-state index in [0.29, 0.717) is 12.0 Å². The Morgan fingerprint density at radius 2 is 2.00 bits per heavy atom. The van der Waals surface area contributed by atoms with Crippen LogP contribution >= 0.6 is 0 Å². The number of methoxy groups -OCH3 is 1. The van der Waals surface area contributed by atoms with Gasteiger partial charge in [0.15, 0.2) is 5.78 Å². The monoisotopic (exact) mass is 299 g/mol. The third-order valence-electron chi connectivity index (χ3n) is 2.74. The van der Waals surface area contributed by atoms with Crippen molar-refractivity contribution < 1.29 is 22.7 Å². The zero-order chi connectivity index (χ0) is 15.3. The molecule has 0 aliphatic heterocycles. The van der Waals surface area contributed by atoms with E-state index in [4.69, 9.17) is 4.74 Å². The number of rotatable bonds is 7. The highest BCUT2D eigenvalue weighted by molar-refractivity contribution is 7.89. The van der Waals surface area contributed by atoms with E-state index >= 15 is 0 Å². The lowest BCUT2D eigenvalue weighted by molar-refractivity contribution is -0.107. The number of benzene rings is 1. The molecule has 0 aromatic heterocycles. The zero-order valence-electron chi connectivity index (χ0n) is 11.6. The van der Waals surface area contributed by atoms with Crippen molar-refractivity contribution in [2.75, 3.05) is 21.2 Å². The van der Waals surface area contributed by atoms with Crippen LogP contribution in [0.1, 0.15) is 23.2 Å². The number of hydrogen-bond acceptors (Lipinski definition) is 5. The van der Waals surface area contributed by atoms with Gasteiger partial charge in [0.2, 0.25) is 10.0 Å². The molecule has 0 heterocycles. The lowest BCUT2D eigenvalue weighted by Crippen LogP contribution is -2.22. The Kier molecular flexibility index (Phi) is 5.41. The van der Waals surface area contributed by atoms with Crippen molar-refractivity contribution in [3.8, 4) is 5.75 Å². The molecular weight excluding hydrogens is 282 g/mol. The standard InChI is InChI=1S/C13H17NO5S/c1-14(2)20(17,18)10-6-7-13(19-3)11(9-10)12(16)5-4-8-15/h6-9H,4-5H2,1-3H3. The van der Waals surface area contributed by atoms with E-state index in [1.165, 1.54) is 39.4 Å². The Morgan fingerprint density at radius 3 is 2.50 bits per heavy atom. The van der Waals surface area contributed by atoms with Crippen molar-refractivity contribution in [2.45, 2.75) is 17.7 Å². The predicted octanol–water partition coefficient (Wildman–Crippen LogP) is 1.11. The van der Waals surface area contributed by atoms with Crippen LogP contribution < -0.4 is 4.74 Å². The summed E-state index contributed by atoms with van der Waals surface area (Å²) in [5.74, 6) is -0.0386. The number of hydrogen-bond donors (Lipinski definition) is 0. The van der Waals surface area contributed by atoms with Crippen molar-refractivity contribution >= 4 is 22.1 Å². The summed E-state index contributed by atoms with van der Waals surface area (Å²) in [6.07, 6.45) is 0.753. The summed E-state index contributed by atoms with van der Waals surface area (Å²) < 4.78 is 30.2. The van der Waals surface area contributed by atoms with E-state index in [1.54, 1.807) is 0 Å². The Bertz CT molecular complexity index is 607. The third kappa shape index (κ3) is 3.43. The molecule has 0 radical (unpaired) electrons. The fourth-order valence-electron chi connectivity index (χ4n) is 1.60. The van der Waals surface area contributed by atoms with Gasteiger partial charge in [0.25, 0.3) is 0 Å². The van der Waals surface area contributed by atoms with Crippen LogP contribution in [-0.2, 0) is 14.8 Å². The Morgan fingerprint density at radius 1 is 1.35 bits per heavy atom. The topological polar surface area (TPSA) is 80.8 Å². The van der Waals surface area contributed by atoms with Crippen LogP contribution in [0.4, 0.5) is 0 Å². The van der Waals surface area contributed by atoms with E-state index < -0.39 is 10.0 Å². The molecule has 20 heavy (non-hydrogen) atoms. The molecule has 0 aliphatic rings. The van der Waals surface area contributed by atoms with Gasteiger partial charge in [-0.3, -0.25) is 4.79 Å². The fraction of sp³-hybridized carbons (Fsp3) is 0.385. The van der Waals surface area contributed by atoms with Gasteiger partial charge in [-0.15, -0.1) is 0 Å². The summed E-state index contributed by atoms with van der Waals surface area (Å²) in [6.45, 7) is 0. The highest BCUT2D eigenvalue weighted by Crippen LogP contribution is 2.25. The summed E-state index contributed by atoms with van der Waals surface area (Å²) in [5, 5.41) is 0. The first-order chi connectivity index (χ1) is 9.34. The summed E-state index contributed by atoms with van der Waals surface area (Å²) in [7, 11) is 0.593. The van der Waals surface area contributed by atoms with Gasteiger partial charge in [0.05, 0.1) is 17.6 Å². The Labute approximate surface area is 118 Å². The molecule has 0 N–H and O–H groups in total. The lowest BCUT2D eigenvalue weighted by atomic mass is 10.1. The summed E-state index contributed by atoms with van der Waals surface area (Å²) in [6, 6.07) is 4.09. The third-order valence-corrected chi connectivity index (χ3v) is 4.55. The minimum atomic E-state index is -3.62. The fourth-order valence-corrected chi connectivity index (χ4v) is 2.53. The lowest BCUT2D eigenvalue weighted by Gasteiger charge is -2.14. The molecule has 6 nitrogen and oxygen atoms in total. The van der Waals surface area contributed by atoms with Crippen LogP contribution in [0.5, 0.6) is 5.75 Å². The molecule has 0 amide bonds. The van der Waals surface area contributed by atoms with Gasteiger partial charge in [-0.2, -0.15) is 0 Å². The maximum Gasteiger partial charge on any atom is 0.242 e. The smallest absolute Gasteiger partial charge is 0.242 e. The number of Topliss-reactive ketones (excluding diaryl/α,β-unsaturated/α-hetero) is 1. The number of ketones is 1. The van der Waals surface area contributed by atoms with E-state index in [9.17, 15) is 18.0 Å². The van der Waals surface area contributed by atoms with E-state index in [2.05, 4.69) is 0 Å². The second-order valence-electron chi connectivity index (χ2n) is 4.28. The molecule has 0 fully saturated rings. The zero-order valence-corrected chi connectivity index (χ0v) is 12.4. The number of nitrogens with zero attached hydrogens (tertiary/aromatic N) is 1. The van der Waals surface area contributed by atoms with Gasteiger partial charge in [-0.1, -0.05) is 0 Å². The number of sulfonamides is 1. The first-order valence-corrected chi connectivity index (χ1v) is 7.36. The predicted molar refractivity (Wildman–Crippen MR) is 73.5 cm³/mol. The Hall–Kier alpha value is -1.73. The number of aldehydes is 1. The molecule has 7 heteroatoms. The minimum absolute atomic E-state index is 0.0118. The van der Waals surface area contributed by atoms with Crippen LogP contribution in [0.2, 0.25) is 0 Å². The molecule has 0 unspecified atom stereocenters. The van der Waals surface area contributed by atoms with Gasteiger partial charge in [-0.05, 0) is 18.2 Å². The van der Waals surface area contributed by atoms with Crippen LogP contribution in [0.15, 0.2) is 23.1 Å². The van der Waals surface area contributed by atoms with Crippen LogP contribution in [0.3, 0.4) is 0 Å². The van der Waals surface area contributed by atoms with Gasteiger partial charge in [-0.25, -0.2) is 12.7 Å². The van der Waals surface area contributed by atoms with Gasteiger partial charge in [0, 0.05) is 26.9 Å². The first-order valence-electron chi connectivity index (χ1n) is 5.92. The van der Waals surface area contributed by atoms with E-state index in [0.717, 1.165) is 4.31 Å². The van der Waals surface area contributed by atoms with Crippen molar-refractivity contribution in [1.82, 2.24) is 4.31 Å². The van der Waals surface area contributed by atoms with Crippen LogP contribution in [-0.4, -0.2) is 46.0 Å². The largest absolute Gasteiger partial charge is 0.496 e. The molecule has 0 saturated carbocycles. The average Bonchev–Trinajstić information content (AvgIpc) is 2.43. The first kappa shape index (κ1) is 16.3. The average molecular weight is 299 g/mol. The van der Waals surface area contributed by atoms with Crippen molar-refractivity contribution in [3.05, 3.63) is 23.8 Å². The minimum Gasteiger partial charge on any atom is -0.496 e. The maximum absolute atomic E-state index is 12.0. The number of carbonyl (C=O) groups excluding carboxylic acids is 2. The molecule has 1 aromatic rings. The highest BCUT2D eigenvalue weighted by atomic mass is 32.2. The highest BCUT2D eigenvalue weighted by Gasteiger charge is 2.21. The molecule has 1 rings (SSSR count). The molecule has 110 valence electrons. The van der Waals surface area contributed by atoms with Crippen molar-refractivity contribution in [3.63, 3.8) is 0 Å². The molecule has 0 bridgehead atoms. The van der Waals surface area contributed by atoms with Crippen molar-refractivity contribution in [2.24, 2.45) is 0 Å². The molecular formula is C13H17NO5S. The maximum atomic E-state index is 12.0. The Balaban J connectivity index is 3.29. The summed E-state index contributed by atoms with van der Waals surface area (Å²) in [5.41, 5.74) is 0.164. The second kappa shape index (κ2) is 6.62. The van der Waals surface area contributed by atoms with E-state index in [1.807, 2.05) is 0 Å². The molecule has 0 saturated heterocycles. The second-order valence-corrected chi connectivity index (χ2v) is 6.43.